The molecular weight excluding hydrogens is 345 g/mol. The van der Waals surface area contributed by atoms with Gasteiger partial charge in [0, 0.05) is 11.5 Å². The second-order valence-corrected chi connectivity index (χ2v) is 6.18. The molecule has 0 fully saturated rings. The van der Waals surface area contributed by atoms with Gasteiger partial charge in [-0.15, -0.1) is 0 Å². The summed E-state index contributed by atoms with van der Waals surface area (Å²) in [6, 6.07) is 0. The van der Waals surface area contributed by atoms with E-state index < -0.39 is 7.60 Å². The zero-order valence-corrected chi connectivity index (χ0v) is 14.5. The van der Waals surface area contributed by atoms with Crippen LogP contribution in [0.15, 0.2) is 5.11 Å². The maximum atomic E-state index is 10.5. The van der Waals surface area contributed by atoms with E-state index in [0.29, 0.717) is 59.4 Å². The SMILES string of the molecule is [N-]=[N+]=NCCOCCOCCOCCOCCOCCP(=O)(O)O. The van der Waals surface area contributed by atoms with Crippen LogP contribution < -0.4 is 0 Å². The molecule has 0 radical (unpaired) electrons. The molecule has 0 saturated carbocycles. The van der Waals surface area contributed by atoms with Gasteiger partial charge in [0.25, 0.3) is 0 Å². The first-order chi connectivity index (χ1) is 11.6. The summed E-state index contributed by atoms with van der Waals surface area (Å²) in [5.41, 5.74) is 8.04. The molecule has 12 heteroatoms. The molecular formula is C12H26N3O8P. The molecule has 0 spiro atoms. The van der Waals surface area contributed by atoms with Crippen molar-refractivity contribution in [3.63, 3.8) is 0 Å². The lowest BCUT2D eigenvalue weighted by Crippen LogP contribution is -2.14. The summed E-state index contributed by atoms with van der Waals surface area (Å²) in [4.78, 5) is 19.8. The van der Waals surface area contributed by atoms with Crippen molar-refractivity contribution in [2.75, 3.05) is 78.8 Å². The Morgan fingerprint density at radius 2 is 1.12 bits per heavy atom. The van der Waals surface area contributed by atoms with Crippen LogP contribution in [0.4, 0.5) is 0 Å². The molecule has 0 bridgehead atoms. The molecule has 0 rings (SSSR count). The van der Waals surface area contributed by atoms with Crippen LogP contribution >= 0.6 is 7.60 Å². The second kappa shape index (κ2) is 17.1. The van der Waals surface area contributed by atoms with E-state index in [4.69, 9.17) is 39.0 Å². The third-order valence-electron chi connectivity index (χ3n) is 2.41. The maximum absolute atomic E-state index is 10.5. The summed E-state index contributed by atoms with van der Waals surface area (Å²) in [7, 11) is -3.98. The Labute approximate surface area is 141 Å². The van der Waals surface area contributed by atoms with Crippen molar-refractivity contribution in [3.8, 4) is 0 Å². The van der Waals surface area contributed by atoms with Gasteiger partial charge in [0.1, 0.15) is 0 Å². The van der Waals surface area contributed by atoms with Gasteiger partial charge in [-0.2, -0.15) is 0 Å². The fourth-order valence-corrected chi connectivity index (χ4v) is 1.68. The summed E-state index contributed by atoms with van der Waals surface area (Å²) in [6.45, 7) is 3.94. The van der Waals surface area contributed by atoms with E-state index in [1.54, 1.807) is 0 Å². The molecule has 0 saturated heterocycles. The molecule has 0 amide bonds. The van der Waals surface area contributed by atoms with Crippen molar-refractivity contribution in [3.05, 3.63) is 10.4 Å². The predicted molar refractivity (Wildman–Crippen MR) is 85.0 cm³/mol. The molecule has 2 N–H and O–H groups in total. The van der Waals surface area contributed by atoms with Gasteiger partial charge >= 0.3 is 7.60 Å². The number of nitrogens with zero attached hydrogens (tertiary/aromatic N) is 3. The van der Waals surface area contributed by atoms with E-state index >= 15 is 0 Å². The van der Waals surface area contributed by atoms with Crippen molar-refractivity contribution in [1.82, 2.24) is 0 Å². The van der Waals surface area contributed by atoms with Crippen molar-refractivity contribution in [2.45, 2.75) is 0 Å². The molecule has 0 aliphatic rings. The van der Waals surface area contributed by atoms with Crippen molar-refractivity contribution in [1.29, 1.82) is 0 Å². The molecule has 142 valence electrons. The highest BCUT2D eigenvalue weighted by Crippen LogP contribution is 2.33. The Morgan fingerprint density at radius 1 is 0.750 bits per heavy atom. The largest absolute Gasteiger partial charge is 0.379 e. The number of hydrogen-bond acceptors (Lipinski definition) is 7. The average Bonchev–Trinajstić information content (AvgIpc) is 2.52. The molecule has 24 heavy (non-hydrogen) atoms. The van der Waals surface area contributed by atoms with Crippen LogP contribution in [-0.4, -0.2) is 88.6 Å². The highest BCUT2D eigenvalue weighted by molar-refractivity contribution is 7.51. The van der Waals surface area contributed by atoms with Gasteiger partial charge in [-0.05, 0) is 5.53 Å². The standard InChI is InChI=1S/C12H26N3O8P/c13-15-14-1-2-19-3-4-20-5-6-21-7-8-22-9-10-23-11-12-24(16,17)18/h1-12H2,(H2,16,17,18). The van der Waals surface area contributed by atoms with Gasteiger partial charge in [0.05, 0.1) is 72.2 Å². The minimum Gasteiger partial charge on any atom is -0.379 e. The Kier molecular flexibility index (Phi) is 16.6. The van der Waals surface area contributed by atoms with E-state index in [0.717, 1.165) is 0 Å². The molecule has 0 heterocycles. The van der Waals surface area contributed by atoms with Crippen LogP contribution in [0.2, 0.25) is 0 Å². The molecule has 0 unspecified atom stereocenters. The van der Waals surface area contributed by atoms with Crippen molar-refractivity contribution in [2.24, 2.45) is 5.11 Å². The summed E-state index contributed by atoms with van der Waals surface area (Å²) in [5, 5.41) is 3.33. The molecule has 0 atom stereocenters. The normalized spacial score (nSPS) is 11.4. The lowest BCUT2D eigenvalue weighted by Gasteiger charge is -2.08. The maximum Gasteiger partial charge on any atom is 0.327 e. The van der Waals surface area contributed by atoms with Gasteiger partial charge in [0.2, 0.25) is 0 Å². The monoisotopic (exact) mass is 371 g/mol. The van der Waals surface area contributed by atoms with Gasteiger partial charge in [-0.1, -0.05) is 5.11 Å². The zero-order valence-electron chi connectivity index (χ0n) is 13.6. The highest BCUT2D eigenvalue weighted by Gasteiger charge is 2.11. The van der Waals surface area contributed by atoms with E-state index in [1.165, 1.54) is 0 Å². The first-order valence-electron chi connectivity index (χ1n) is 7.50. The first kappa shape index (κ1) is 23.3. The third kappa shape index (κ3) is 21.3. The van der Waals surface area contributed by atoms with Crippen LogP contribution in [0, 0.1) is 0 Å². The third-order valence-corrected chi connectivity index (χ3v) is 3.18. The minimum absolute atomic E-state index is 0.0106. The number of ether oxygens (including phenoxy) is 5. The first-order valence-corrected chi connectivity index (χ1v) is 9.30. The summed E-state index contributed by atoms with van der Waals surface area (Å²) in [6.07, 6.45) is -0.283. The van der Waals surface area contributed by atoms with Gasteiger partial charge < -0.3 is 33.5 Å². The average molecular weight is 371 g/mol. The topological polar surface area (TPSA) is 152 Å². The Hall–Kier alpha value is -0.740. The molecule has 11 nitrogen and oxygen atoms in total. The van der Waals surface area contributed by atoms with Crippen LogP contribution in [0.5, 0.6) is 0 Å². The predicted octanol–water partition coefficient (Wildman–Crippen LogP) is 0.557. The van der Waals surface area contributed by atoms with Crippen LogP contribution in [0.25, 0.3) is 10.4 Å². The number of hydrogen-bond donors (Lipinski definition) is 2. The van der Waals surface area contributed by atoms with E-state index in [9.17, 15) is 4.57 Å². The van der Waals surface area contributed by atoms with Crippen LogP contribution in [-0.2, 0) is 28.2 Å². The Bertz CT molecular complexity index is 375. The number of azide groups is 1. The van der Waals surface area contributed by atoms with Gasteiger partial charge in [-0.25, -0.2) is 0 Å². The van der Waals surface area contributed by atoms with E-state index in [1.807, 2.05) is 0 Å². The quantitative estimate of drug-likeness (QED) is 0.116. The lowest BCUT2D eigenvalue weighted by atomic mass is 10.7. The van der Waals surface area contributed by atoms with Crippen LogP contribution in [0.1, 0.15) is 0 Å². The molecule has 0 aliphatic carbocycles. The summed E-state index contributed by atoms with van der Waals surface area (Å²) < 4.78 is 36.5. The Balaban J connectivity index is 3.05. The van der Waals surface area contributed by atoms with Gasteiger partial charge in [0.15, 0.2) is 0 Å². The van der Waals surface area contributed by atoms with E-state index in [-0.39, 0.29) is 19.4 Å². The smallest absolute Gasteiger partial charge is 0.327 e. The minimum atomic E-state index is -3.98. The fourth-order valence-electron chi connectivity index (χ4n) is 1.32. The van der Waals surface area contributed by atoms with Crippen molar-refractivity contribution >= 4 is 7.60 Å². The zero-order chi connectivity index (χ0) is 17.9. The Morgan fingerprint density at radius 3 is 1.50 bits per heavy atom. The van der Waals surface area contributed by atoms with Crippen LogP contribution in [0.3, 0.4) is 0 Å². The van der Waals surface area contributed by atoms with Crippen molar-refractivity contribution < 1.29 is 38.0 Å². The molecule has 0 aromatic heterocycles. The summed E-state index contributed by atoms with van der Waals surface area (Å²) >= 11 is 0. The molecule has 0 aliphatic heterocycles. The summed E-state index contributed by atoms with van der Waals surface area (Å²) in [5.74, 6) is 0. The molecule has 0 aromatic rings. The molecule has 0 aromatic carbocycles. The lowest BCUT2D eigenvalue weighted by molar-refractivity contribution is -0.00968. The highest BCUT2D eigenvalue weighted by atomic mass is 31.2. The van der Waals surface area contributed by atoms with Gasteiger partial charge in [-0.3, -0.25) is 4.57 Å². The van der Waals surface area contributed by atoms with E-state index in [2.05, 4.69) is 10.0 Å². The fraction of sp³-hybridized carbons (Fsp3) is 1.00. The second-order valence-electron chi connectivity index (χ2n) is 4.40. The number of rotatable bonds is 18.